The Balaban J connectivity index is 3.79. The molecule has 0 aliphatic carbocycles. The minimum Gasteiger partial charge on any atom is -0.313 e. The van der Waals surface area contributed by atoms with E-state index in [4.69, 9.17) is 5.26 Å². The number of nitrogens with one attached hydrogen (secondary N) is 1. The first-order chi connectivity index (χ1) is 6.55. The molecule has 0 atom stereocenters. The Morgan fingerprint density at radius 1 is 1.29 bits per heavy atom. The zero-order valence-corrected chi connectivity index (χ0v) is 10.1. The molecule has 0 spiro atoms. The molecule has 0 radical (unpaired) electrons. The highest BCUT2D eigenvalue weighted by molar-refractivity contribution is 4.79. The molecule has 0 rings (SSSR count). The van der Waals surface area contributed by atoms with Gasteiger partial charge >= 0.3 is 0 Å². The summed E-state index contributed by atoms with van der Waals surface area (Å²) in [6, 6.07) is 2.85. The summed E-state index contributed by atoms with van der Waals surface area (Å²) in [5.74, 6) is 0. The van der Waals surface area contributed by atoms with Crippen LogP contribution < -0.4 is 5.32 Å². The number of hydrogen-bond acceptors (Lipinski definition) is 2. The topological polar surface area (TPSA) is 35.8 Å². The molecule has 0 aliphatic rings. The maximum atomic E-state index is 8.53. The first kappa shape index (κ1) is 13.4. The van der Waals surface area contributed by atoms with Gasteiger partial charge in [0.2, 0.25) is 0 Å². The molecule has 0 amide bonds. The van der Waals surface area contributed by atoms with E-state index >= 15 is 0 Å². The van der Waals surface area contributed by atoms with E-state index in [1.54, 1.807) is 0 Å². The van der Waals surface area contributed by atoms with Crippen molar-refractivity contribution in [1.29, 1.82) is 5.26 Å². The van der Waals surface area contributed by atoms with Gasteiger partial charge in [-0.2, -0.15) is 5.26 Å². The quantitative estimate of drug-likeness (QED) is 0.679. The molecule has 2 nitrogen and oxygen atoms in total. The molecule has 0 heterocycles. The predicted molar refractivity (Wildman–Crippen MR) is 61.0 cm³/mol. The minimum atomic E-state index is 0.248. The molecule has 0 aliphatic heterocycles. The molecule has 0 aromatic carbocycles. The standard InChI is InChI=1S/C12H24N2/c1-5-11(6-2)14-10-12(3,4)8-7-9-13/h11,14H,5-8,10H2,1-4H3. The summed E-state index contributed by atoms with van der Waals surface area (Å²) in [4.78, 5) is 0. The lowest BCUT2D eigenvalue weighted by Gasteiger charge is -2.27. The largest absolute Gasteiger partial charge is 0.313 e. The molecule has 0 saturated carbocycles. The lowest BCUT2D eigenvalue weighted by molar-refractivity contribution is 0.295. The van der Waals surface area contributed by atoms with Gasteiger partial charge in [-0.15, -0.1) is 0 Å². The molecule has 82 valence electrons. The molecule has 0 aromatic heterocycles. The van der Waals surface area contributed by atoms with Gasteiger partial charge < -0.3 is 5.32 Å². The second-order valence-corrected chi connectivity index (χ2v) is 4.72. The highest BCUT2D eigenvalue weighted by Crippen LogP contribution is 2.21. The van der Waals surface area contributed by atoms with E-state index in [0.717, 1.165) is 13.0 Å². The van der Waals surface area contributed by atoms with Gasteiger partial charge in [0.05, 0.1) is 6.07 Å². The Bertz CT molecular complexity index is 175. The first-order valence-electron chi connectivity index (χ1n) is 5.66. The summed E-state index contributed by atoms with van der Waals surface area (Å²) >= 11 is 0. The van der Waals surface area contributed by atoms with E-state index in [9.17, 15) is 0 Å². The minimum absolute atomic E-state index is 0.248. The molecule has 0 saturated heterocycles. The highest BCUT2D eigenvalue weighted by atomic mass is 14.9. The van der Waals surface area contributed by atoms with Crippen molar-refractivity contribution in [3.05, 3.63) is 0 Å². The first-order valence-corrected chi connectivity index (χ1v) is 5.66. The third kappa shape index (κ3) is 5.99. The fraction of sp³-hybridized carbons (Fsp3) is 0.917. The van der Waals surface area contributed by atoms with Gasteiger partial charge in [0.1, 0.15) is 0 Å². The zero-order chi connectivity index (χ0) is 11.0. The SMILES string of the molecule is CCC(CC)NCC(C)(C)CCC#N. The van der Waals surface area contributed by atoms with Crippen LogP contribution in [0.1, 0.15) is 53.4 Å². The van der Waals surface area contributed by atoms with Crippen LogP contribution >= 0.6 is 0 Å². The molecule has 0 unspecified atom stereocenters. The molecular formula is C12H24N2. The predicted octanol–water partition coefficient (Wildman–Crippen LogP) is 3.09. The normalized spacial score (nSPS) is 11.7. The maximum Gasteiger partial charge on any atom is 0.0621 e. The van der Waals surface area contributed by atoms with Crippen LogP contribution in [0.5, 0.6) is 0 Å². The van der Waals surface area contributed by atoms with Crippen molar-refractivity contribution in [2.45, 2.75) is 59.4 Å². The summed E-state index contributed by atoms with van der Waals surface area (Å²) < 4.78 is 0. The summed E-state index contributed by atoms with van der Waals surface area (Å²) in [7, 11) is 0. The molecule has 2 heteroatoms. The number of nitrogens with zero attached hydrogens (tertiary/aromatic N) is 1. The summed E-state index contributed by atoms with van der Waals surface area (Å²) in [6.07, 6.45) is 4.02. The van der Waals surface area contributed by atoms with Crippen molar-refractivity contribution < 1.29 is 0 Å². The van der Waals surface area contributed by atoms with E-state index in [2.05, 4.69) is 39.1 Å². The summed E-state index contributed by atoms with van der Waals surface area (Å²) in [6.45, 7) is 9.88. The van der Waals surface area contributed by atoms with Crippen LogP contribution in [0.25, 0.3) is 0 Å². The second kappa shape index (κ2) is 6.84. The van der Waals surface area contributed by atoms with Crippen LogP contribution in [0.2, 0.25) is 0 Å². The van der Waals surface area contributed by atoms with Crippen LogP contribution in [-0.4, -0.2) is 12.6 Å². The number of nitriles is 1. The van der Waals surface area contributed by atoms with Crippen LogP contribution in [0.15, 0.2) is 0 Å². The zero-order valence-electron chi connectivity index (χ0n) is 10.1. The summed E-state index contributed by atoms with van der Waals surface area (Å²) in [5.41, 5.74) is 0.248. The number of rotatable bonds is 7. The smallest absolute Gasteiger partial charge is 0.0621 e. The van der Waals surface area contributed by atoms with Gasteiger partial charge in [0, 0.05) is 19.0 Å². The Labute approximate surface area is 88.7 Å². The van der Waals surface area contributed by atoms with E-state index < -0.39 is 0 Å². The lowest BCUT2D eigenvalue weighted by atomic mass is 9.87. The van der Waals surface area contributed by atoms with Gasteiger partial charge in [-0.05, 0) is 24.7 Å². The molecule has 0 bridgehead atoms. The van der Waals surface area contributed by atoms with Crippen molar-refractivity contribution in [1.82, 2.24) is 5.32 Å². The average molecular weight is 196 g/mol. The van der Waals surface area contributed by atoms with Crippen molar-refractivity contribution in [3.8, 4) is 6.07 Å². The fourth-order valence-electron chi connectivity index (χ4n) is 1.48. The van der Waals surface area contributed by atoms with Crippen LogP contribution in [0, 0.1) is 16.7 Å². The van der Waals surface area contributed by atoms with Crippen molar-refractivity contribution in [2.75, 3.05) is 6.54 Å². The van der Waals surface area contributed by atoms with Crippen LogP contribution in [0.3, 0.4) is 0 Å². The molecule has 1 N–H and O–H groups in total. The number of hydrogen-bond donors (Lipinski definition) is 1. The van der Waals surface area contributed by atoms with Crippen LogP contribution in [0.4, 0.5) is 0 Å². The molecule has 0 fully saturated rings. The van der Waals surface area contributed by atoms with Crippen LogP contribution in [-0.2, 0) is 0 Å². The molecule has 14 heavy (non-hydrogen) atoms. The third-order valence-electron chi connectivity index (χ3n) is 2.77. The molecule has 0 aromatic rings. The summed E-state index contributed by atoms with van der Waals surface area (Å²) in [5, 5.41) is 12.1. The third-order valence-corrected chi connectivity index (χ3v) is 2.77. The maximum absolute atomic E-state index is 8.53. The fourth-order valence-corrected chi connectivity index (χ4v) is 1.48. The van der Waals surface area contributed by atoms with Crippen molar-refractivity contribution >= 4 is 0 Å². The Morgan fingerprint density at radius 2 is 1.86 bits per heavy atom. The highest BCUT2D eigenvalue weighted by Gasteiger charge is 2.18. The van der Waals surface area contributed by atoms with E-state index in [-0.39, 0.29) is 5.41 Å². The van der Waals surface area contributed by atoms with E-state index in [0.29, 0.717) is 12.5 Å². The van der Waals surface area contributed by atoms with Crippen molar-refractivity contribution in [3.63, 3.8) is 0 Å². The van der Waals surface area contributed by atoms with Crippen molar-refractivity contribution in [2.24, 2.45) is 5.41 Å². The van der Waals surface area contributed by atoms with Gasteiger partial charge in [-0.3, -0.25) is 0 Å². The van der Waals surface area contributed by atoms with Gasteiger partial charge in [-0.1, -0.05) is 27.7 Å². The Morgan fingerprint density at radius 3 is 2.29 bits per heavy atom. The second-order valence-electron chi connectivity index (χ2n) is 4.72. The van der Waals surface area contributed by atoms with Gasteiger partial charge in [-0.25, -0.2) is 0 Å². The monoisotopic (exact) mass is 196 g/mol. The Kier molecular flexibility index (Phi) is 6.57. The Hall–Kier alpha value is -0.550. The van der Waals surface area contributed by atoms with Gasteiger partial charge in [0.15, 0.2) is 0 Å². The average Bonchev–Trinajstić information content (AvgIpc) is 2.16. The lowest BCUT2D eigenvalue weighted by Crippen LogP contribution is -2.36. The van der Waals surface area contributed by atoms with E-state index in [1.807, 2.05) is 0 Å². The van der Waals surface area contributed by atoms with Gasteiger partial charge in [0.25, 0.3) is 0 Å². The molecular weight excluding hydrogens is 172 g/mol. The van der Waals surface area contributed by atoms with E-state index in [1.165, 1.54) is 12.8 Å².